The van der Waals surface area contributed by atoms with Gasteiger partial charge in [0.15, 0.2) is 5.69 Å². The van der Waals surface area contributed by atoms with E-state index in [0.717, 1.165) is 5.69 Å². The van der Waals surface area contributed by atoms with E-state index in [-0.39, 0.29) is 24.0 Å². The minimum atomic E-state index is -1.18. The van der Waals surface area contributed by atoms with Crippen LogP contribution < -0.4 is 5.32 Å². The van der Waals surface area contributed by atoms with Crippen LogP contribution in [0.4, 0.5) is 5.88 Å². The van der Waals surface area contributed by atoms with Crippen molar-refractivity contribution in [1.29, 1.82) is 0 Å². The number of hydrogen-bond acceptors (Lipinski definition) is 6. The molecule has 21 heavy (non-hydrogen) atoms. The number of hydrogen-bond donors (Lipinski definition) is 2. The van der Waals surface area contributed by atoms with E-state index < -0.39 is 11.9 Å². The van der Waals surface area contributed by atoms with Gasteiger partial charge in [0.05, 0.1) is 11.4 Å². The first kappa shape index (κ1) is 14.7. The molecule has 0 atom stereocenters. The molecule has 112 valence electrons. The molecule has 2 N–H and O–H groups in total. The Bertz CT molecular complexity index is 673. The average molecular weight is 293 g/mol. The number of aromatic carboxylic acids is 1. The van der Waals surface area contributed by atoms with Crippen LogP contribution in [-0.2, 0) is 11.3 Å². The lowest BCUT2D eigenvalue weighted by molar-refractivity contribution is -0.117. The fraction of sp³-hybridized carbons (Fsp3) is 0.417. The molecule has 0 aliphatic rings. The Hall–Kier alpha value is -2.71. The summed E-state index contributed by atoms with van der Waals surface area (Å²) in [6.07, 6.45) is 0. The van der Waals surface area contributed by atoms with Crippen LogP contribution in [0.15, 0.2) is 10.6 Å². The highest BCUT2D eigenvalue weighted by Gasteiger charge is 2.17. The minimum absolute atomic E-state index is 0.163. The van der Waals surface area contributed by atoms with Gasteiger partial charge in [-0.3, -0.25) is 10.1 Å². The van der Waals surface area contributed by atoms with Crippen molar-refractivity contribution in [2.75, 3.05) is 5.32 Å². The maximum Gasteiger partial charge on any atom is 0.358 e. The molecule has 0 unspecified atom stereocenters. The fourth-order valence-corrected chi connectivity index (χ4v) is 1.64. The predicted octanol–water partition coefficient (Wildman–Crippen LogP) is 1.03. The zero-order chi connectivity index (χ0) is 15.6. The van der Waals surface area contributed by atoms with Crippen molar-refractivity contribution in [3.05, 3.63) is 23.1 Å². The van der Waals surface area contributed by atoms with Gasteiger partial charge >= 0.3 is 5.97 Å². The molecule has 0 saturated carbocycles. The summed E-state index contributed by atoms with van der Waals surface area (Å²) in [7, 11) is 0. The summed E-state index contributed by atoms with van der Waals surface area (Å²) in [5, 5.41) is 22.3. The van der Waals surface area contributed by atoms with Gasteiger partial charge in [-0.25, -0.2) is 9.48 Å². The third kappa shape index (κ3) is 3.25. The normalized spacial score (nSPS) is 10.9. The zero-order valence-corrected chi connectivity index (χ0v) is 11.8. The zero-order valence-electron chi connectivity index (χ0n) is 11.8. The van der Waals surface area contributed by atoms with Gasteiger partial charge in [0.1, 0.15) is 6.54 Å². The number of anilines is 1. The Morgan fingerprint density at radius 2 is 2.19 bits per heavy atom. The van der Waals surface area contributed by atoms with E-state index in [1.807, 2.05) is 13.8 Å². The van der Waals surface area contributed by atoms with Crippen molar-refractivity contribution in [2.45, 2.75) is 33.2 Å². The lowest BCUT2D eigenvalue weighted by atomic mass is 10.1. The fourth-order valence-electron chi connectivity index (χ4n) is 1.64. The van der Waals surface area contributed by atoms with Crippen molar-refractivity contribution < 1.29 is 19.2 Å². The first-order valence-corrected chi connectivity index (χ1v) is 6.28. The highest BCUT2D eigenvalue weighted by Crippen LogP contribution is 2.17. The van der Waals surface area contributed by atoms with Crippen LogP contribution in [0.2, 0.25) is 0 Å². The molecule has 9 heteroatoms. The molecule has 0 bridgehead atoms. The lowest BCUT2D eigenvalue weighted by Crippen LogP contribution is -2.20. The van der Waals surface area contributed by atoms with Crippen molar-refractivity contribution in [1.82, 2.24) is 20.2 Å². The Balaban J connectivity index is 2.03. The average Bonchev–Trinajstić information content (AvgIpc) is 2.98. The quantitative estimate of drug-likeness (QED) is 0.843. The molecule has 2 aromatic heterocycles. The molecular formula is C12H15N5O4. The van der Waals surface area contributed by atoms with E-state index in [4.69, 9.17) is 9.63 Å². The summed E-state index contributed by atoms with van der Waals surface area (Å²) in [4.78, 5) is 22.7. The molecule has 2 heterocycles. The topological polar surface area (TPSA) is 123 Å². The van der Waals surface area contributed by atoms with E-state index in [0.29, 0.717) is 5.69 Å². The van der Waals surface area contributed by atoms with Crippen LogP contribution >= 0.6 is 0 Å². The van der Waals surface area contributed by atoms with Gasteiger partial charge in [-0.05, 0) is 12.8 Å². The molecule has 9 nitrogen and oxygen atoms in total. The van der Waals surface area contributed by atoms with Crippen LogP contribution in [-0.4, -0.2) is 37.1 Å². The standard InChI is InChI=1S/C12H15N5O4/c1-6(2)8-4-10(21-15-8)13-9(18)5-17-7(3)11(12(19)20)14-16-17/h4,6H,5H2,1-3H3,(H,13,18)(H,19,20). The Morgan fingerprint density at radius 3 is 2.71 bits per heavy atom. The molecule has 0 aromatic carbocycles. The summed E-state index contributed by atoms with van der Waals surface area (Å²) in [6.45, 7) is 5.27. The van der Waals surface area contributed by atoms with Gasteiger partial charge in [-0.2, -0.15) is 0 Å². The van der Waals surface area contributed by atoms with Crippen molar-refractivity contribution in [3.63, 3.8) is 0 Å². The second kappa shape index (κ2) is 5.73. The number of carbonyl (C=O) groups is 2. The summed E-state index contributed by atoms with van der Waals surface area (Å²) in [5.41, 5.74) is 0.859. The Morgan fingerprint density at radius 1 is 1.48 bits per heavy atom. The molecule has 0 fully saturated rings. The second-order valence-corrected chi connectivity index (χ2v) is 4.81. The van der Waals surface area contributed by atoms with Gasteiger partial charge in [-0.1, -0.05) is 24.2 Å². The van der Waals surface area contributed by atoms with E-state index in [9.17, 15) is 9.59 Å². The highest BCUT2D eigenvalue weighted by atomic mass is 16.5. The summed E-state index contributed by atoms with van der Waals surface area (Å²) >= 11 is 0. The van der Waals surface area contributed by atoms with Gasteiger partial charge in [0.25, 0.3) is 0 Å². The number of amides is 1. The number of carboxylic acids is 1. The second-order valence-electron chi connectivity index (χ2n) is 4.81. The first-order valence-electron chi connectivity index (χ1n) is 6.28. The molecule has 0 aliphatic heterocycles. The molecule has 2 rings (SSSR count). The largest absolute Gasteiger partial charge is 0.476 e. The van der Waals surface area contributed by atoms with E-state index in [2.05, 4.69) is 20.8 Å². The van der Waals surface area contributed by atoms with Crippen LogP contribution in [0.25, 0.3) is 0 Å². The van der Waals surface area contributed by atoms with Crippen LogP contribution in [0.5, 0.6) is 0 Å². The molecule has 0 radical (unpaired) electrons. The van der Waals surface area contributed by atoms with E-state index >= 15 is 0 Å². The number of carboxylic acid groups (broad SMARTS) is 1. The molecule has 0 aliphatic carbocycles. The molecule has 0 saturated heterocycles. The third-order valence-electron chi connectivity index (χ3n) is 2.86. The lowest BCUT2D eigenvalue weighted by Gasteiger charge is -2.02. The van der Waals surface area contributed by atoms with Gasteiger partial charge in [0, 0.05) is 6.07 Å². The minimum Gasteiger partial charge on any atom is -0.476 e. The Labute approximate surface area is 119 Å². The van der Waals surface area contributed by atoms with Crippen molar-refractivity contribution in [3.8, 4) is 0 Å². The molecule has 0 spiro atoms. The number of nitrogens with one attached hydrogen (secondary N) is 1. The molecule has 1 amide bonds. The summed E-state index contributed by atoms with van der Waals surface area (Å²) < 4.78 is 6.19. The molecule has 2 aromatic rings. The number of aromatic nitrogens is 4. The monoisotopic (exact) mass is 293 g/mol. The smallest absolute Gasteiger partial charge is 0.358 e. The SMILES string of the molecule is Cc1c(C(=O)O)nnn1CC(=O)Nc1cc(C(C)C)no1. The van der Waals surface area contributed by atoms with Crippen LogP contribution in [0, 0.1) is 6.92 Å². The van der Waals surface area contributed by atoms with Crippen LogP contribution in [0.1, 0.15) is 41.6 Å². The Kier molecular flexibility index (Phi) is 4.01. The molecular weight excluding hydrogens is 278 g/mol. The van der Waals surface area contributed by atoms with Gasteiger partial charge in [-0.15, -0.1) is 5.10 Å². The van der Waals surface area contributed by atoms with E-state index in [1.54, 1.807) is 6.07 Å². The number of carbonyl (C=O) groups excluding carboxylic acids is 1. The highest BCUT2D eigenvalue weighted by molar-refractivity contribution is 5.90. The first-order chi connectivity index (χ1) is 9.88. The predicted molar refractivity (Wildman–Crippen MR) is 70.9 cm³/mol. The van der Waals surface area contributed by atoms with Crippen LogP contribution in [0.3, 0.4) is 0 Å². The van der Waals surface area contributed by atoms with E-state index in [1.165, 1.54) is 11.6 Å². The number of rotatable bonds is 5. The summed E-state index contributed by atoms with van der Waals surface area (Å²) in [6, 6.07) is 1.64. The third-order valence-corrected chi connectivity index (χ3v) is 2.86. The number of nitrogens with zero attached hydrogens (tertiary/aromatic N) is 4. The van der Waals surface area contributed by atoms with Crippen molar-refractivity contribution >= 4 is 17.8 Å². The van der Waals surface area contributed by atoms with Gasteiger partial charge in [0.2, 0.25) is 11.8 Å². The maximum atomic E-state index is 11.9. The van der Waals surface area contributed by atoms with Gasteiger partial charge < -0.3 is 9.63 Å². The summed E-state index contributed by atoms with van der Waals surface area (Å²) in [5.74, 6) is -1.17. The van der Waals surface area contributed by atoms with Crippen molar-refractivity contribution in [2.24, 2.45) is 0 Å². The maximum absolute atomic E-state index is 11.9.